The molecule has 5 N–H and O–H groups in total. The second-order valence-electron chi connectivity index (χ2n) is 9.03. The first-order valence-electron chi connectivity index (χ1n) is 12.3. The lowest BCUT2D eigenvalue weighted by molar-refractivity contribution is -0.139. The maximum atomic E-state index is 12.5. The Kier molecular flexibility index (Phi) is 8.84. The summed E-state index contributed by atoms with van der Waals surface area (Å²) in [6, 6.07) is 18.2. The molecule has 0 spiro atoms. The Hall–Kier alpha value is -4.36. The van der Waals surface area contributed by atoms with Crippen molar-refractivity contribution in [3.63, 3.8) is 0 Å². The number of amides is 1. The predicted molar refractivity (Wildman–Crippen MR) is 144 cm³/mol. The third-order valence-electron chi connectivity index (χ3n) is 6.58. The number of ether oxygens (including phenoxy) is 1. The zero-order valence-corrected chi connectivity index (χ0v) is 20.8. The number of hydrogen-bond acceptors (Lipinski definition) is 10. The van der Waals surface area contributed by atoms with Crippen LogP contribution in [-0.2, 0) is 9.53 Å². The Balaban J connectivity index is 1.26. The van der Waals surface area contributed by atoms with E-state index in [1.165, 1.54) is 12.1 Å². The van der Waals surface area contributed by atoms with Crippen LogP contribution in [0, 0.1) is 10.4 Å². The van der Waals surface area contributed by atoms with E-state index >= 15 is 0 Å². The van der Waals surface area contributed by atoms with Crippen molar-refractivity contribution in [2.24, 2.45) is 0 Å². The molecule has 0 heterocycles. The van der Waals surface area contributed by atoms with Crippen LogP contribution in [0.5, 0.6) is 0 Å². The molecule has 1 aliphatic carbocycles. The van der Waals surface area contributed by atoms with E-state index < -0.39 is 23.3 Å². The number of hydrogen-bond donors (Lipinski definition) is 5. The molecule has 0 saturated carbocycles. The molecule has 4 rings (SSSR count). The Morgan fingerprint density at radius 1 is 0.949 bits per heavy atom. The first kappa shape index (κ1) is 27.7. The van der Waals surface area contributed by atoms with Crippen molar-refractivity contribution >= 4 is 29.1 Å². The van der Waals surface area contributed by atoms with Gasteiger partial charge in [0.1, 0.15) is 18.3 Å². The fourth-order valence-corrected chi connectivity index (χ4v) is 4.68. The van der Waals surface area contributed by atoms with Crippen molar-refractivity contribution in [2.75, 3.05) is 28.9 Å². The maximum absolute atomic E-state index is 12.5. The molecule has 12 nitrogen and oxygen atoms in total. The van der Waals surface area contributed by atoms with Gasteiger partial charge in [0.15, 0.2) is 0 Å². The highest BCUT2D eigenvalue weighted by Gasteiger charge is 2.29. The lowest BCUT2D eigenvalue weighted by Gasteiger charge is -2.38. The number of rotatable bonds is 12. The summed E-state index contributed by atoms with van der Waals surface area (Å²) in [5.74, 6) is -1.33. The van der Waals surface area contributed by atoms with Gasteiger partial charge in [-0.3, -0.25) is 10.4 Å². The molecule has 1 atom stereocenters. The van der Waals surface area contributed by atoms with Crippen LogP contribution in [0.4, 0.5) is 21.9 Å². The van der Waals surface area contributed by atoms with E-state index in [-0.39, 0.29) is 41.2 Å². The standard InChI is InChI=1S/C27H28N4O8/c32-26(33)24(11-5-6-14-28-23-13-12-17(30(35)36)15-25(23)31(37)38)29-27(34)39-16-22-20-9-3-1-7-18(20)19-8-2-4-10-21(19)22/h1-4,7-10,12-13,15,22,24,28,37-38H,5-6,11,14,16H2,(H,29,34)(H,32,33)/q-2/t24-/m1/s1. The number of alkyl carbamates (subject to hydrolysis) is 1. The molecule has 1 aliphatic rings. The van der Waals surface area contributed by atoms with Crippen molar-refractivity contribution < 1.29 is 29.8 Å². The van der Waals surface area contributed by atoms with Gasteiger partial charge in [-0.15, -0.1) is 5.23 Å². The van der Waals surface area contributed by atoms with Crippen molar-refractivity contribution in [2.45, 2.75) is 31.2 Å². The van der Waals surface area contributed by atoms with Crippen LogP contribution in [0.1, 0.15) is 36.3 Å². The minimum absolute atomic E-state index is 0.0699. The second-order valence-corrected chi connectivity index (χ2v) is 9.03. The maximum Gasteiger partial charge on any atom is 0.407 e. The zero-order chi connectivity index (χ0) is 27.9. The number of unbranched alkanes of at least 4 members (excludes halogenated alkanes) is 1. The van der Waals surface area contributed by atoms with Crippen molar-refractivity contribution in [1.82, 2.24) is 5.32 Å². The molecule has 39 heavy (non-hydrogen) atoms. The minimum atomic E-state index is -1.19. The zero-order valence-electron chi connectivity index (χ0n) is 20.8. The second kappa shape index (κ2) is 12.5. The number of nitrogens with zero attached hydrogens (tertiary/aromatic N) is 2. The lowest BCUT2D eigenvalue weighted by Crippen LogP contribution is -2.41. The van der Waals surface area contributed by atoms with Gasteiger partial charge in [0.05, 0.1) is 5.69 Å². The SMILES string of the molecule is O=C(N[C@H](CCCCNc1ccc(N([O-])[O-])cc1N(O)O)C(=O)O)OCC1c2ccccc2-c2ccccc21. The number of anilines is 3. The summed E-state index contributed by atoms with van der Waals surface area (Å²) in [5.41, 5.74) is 4.01. The molecule has 0 aromatic heterocycles. The number of carboxylic acid groups (broad SMARTS) is 1. The number of aliphatic carboxylic acids is 1. The van der Waals surface area contributed by atoms with Gasteiger partial charge in [-0.25, -0.2) is 9.59 Å². The molecule has 0 aliphatic heterocycles. The molecule has 0 radical (unpaired) electrons. The summed E-state index contributed by atoms with van der Waals surface area (Å²) in [6.07, 6.45) is 0.214. The van der Waals surface area contributed by atoms with Crippen LogP contribution in [0.15, 0.2) is 66.7 Å². The van der Waals surface area contributed by atoms with Crippen LogP contribution < -0.4 is 21.1 Å². The van der Waals surface area contributed by atoms with Gasteiger partial charge in [-0.05, 0) is 59.7 Å². The van der Waals surface area contributed by atoms with Gasteiger partial charge >= 0.3 is 12.1 Å². The number of carbonyl (C=O) groups excluding carboxylic acids is 1. The van der Waals surface area contributed by atoms with Crippen LogP contribution in [0.25, 0.3) is 11.1 Å². The fraction of sp³-hybridized carbons (Fsp3) is 0.259. The molecule has 0 saturated heterocycles. The highest BCUT2D eigenvalue weighted by atomic mass is 16.8. The van der Waals surface area contributed by atoms with E-state index in [0.29, 0.717) is 19.4 Å². The Morgan fingerprint density at radius 2 is 1.59 bits per heavy atom. The molecule has 3 aromatic carbocycles. The summed E-state index contributed by atoms with van der Waals surface area (Å²) in [5, 5.41) is 54.5. The van der Waals surface area contributed by atoms with Crippen LogP contribution in [-0.4, -0.2) is 46.8 Å². The predicted octanol–water partition coefficient (Wildman–Crippen LogP) is 4.65. The Bertz CT molecular complexity index is 1270. The van der Waals surface area contributed by atoms with Gasteiger partial charge in [-0.1, -0.05) is 48.5 Å². The summed E-state index contributed by atoms with van der Waals surface area (Å²) >= 11 is 0. The molecule has 0 bridgehead atoms. The largest absolute Gasteiger partial charge is 0.769 e. The molecular formula is C27H28N4O8-2. The third kappa shape index (κ3) is 6.56. The summed E-state index contributed by atoms with van der Waals surface area (Å²) in [7, 11) is 0. The van der Waals surface area contributed by atoms with Crippen LogP contribution >= 0.6 is 0 Å². The number of benzene rings is 3. The molecule has 0 fully saturated rings. The quantitative estimate of drug-likeness (QED) is 0.161. The first-order valence-corrected chi connectivity index (χ1v) is 12.3. The normalized spacial score (nSPS) is 12.7. The van der Waals surface area contributed by atoms with Gasteiger partial charge in [0.25, 0.3) is 0 Å². The van der Waals surface area contributed by atoms with Gasteiger partial charge < -0.3 is 36.1 Å². The van der Waals surface area contributed by atoms with E-state index in [2.05, 4.69) is 10.6 Å². The smallest absolute Gasteiger partial charge is 0.407 e. The average Bonchev–Trinajstić information content (AvgIpc) is 3.24. The number of carboxylic acids is 1. The highest BCUT2D eigenvalue weighted by molar-refractivity contribution is 5.81. The number of carbonyl (C=O) groups is 2. The minimum Gasteiger partial charge on any atom is -0.769 e. The van der Waals surface area contributed by atoms with E-state index in [9.17, 15) is 35.5 Å². The average molecular weight is 537 g/mol. The molecule has 12 heteroatoms. The molecule has 3 aromatic rings. The van der Waals surface area contributed by atoms with Crippen LogP contribution in [0.3, 0.4) is 0 Å². The highest BCUT2D eigenvalue weighted by Crippen LogP contribution is 2.44. The first-order chi connectivity index (χ1) is 18.8. The summed E-state index contributed by atoms with van der Waals surface area (Å²) in [6.45, 7) is 0.385. The van der Waals surface area contributed by atoms with Gasteiger partial charge in [0, 0.05) is 18.2 Å². The van der Waals surface area contributed by atoms with E-state index in [4.69, 9.17) is 4.74 Å². The third-order valence-corrected chi connectivity index (χ3v) is 6.58. The monoisotopic (exact) mass is 536 g/mol. The van der Waals surface area contributed by atoms with Gasteiger partial charge in [0.2, 0.25) is 0 Å². The Morgan fingerprint density at radius 3 is 2.18 bits per heavy atom. The molecular weight excluding hydrogens is 508 g/mol. The molecule has 1 amide bonds. The van der Waals surface area contributed by atoms with Crippen molar-refractivity contribution in [3.8, 4) is 11.1 Å². The van der Waals surface area contributed by atoms with Crippen molar-refractivity contribution in [1.29, 1.82) is 0 Å². The summed E-state index contributed by atoms with van der Waals surface area (Å²) < 4.78 is 5.44. The van der Waals surface area contributed by atoms with Gasteiger partial charge in [-0.2, -0.15) is 0 Å². The molecule has 206 valence electrons. The van der Waals surface area contributed by atoms with E-state index in [1.807, 2.05) is 48.5 Å². The fourth-order valence-electron chi connectivity index (χ4n) is 4.68. The summed E-state index contributed by atoms with van der Waals surface area (Å²) in [4.78, 5) is 24.2. The number of nitrogens with one attached hydrogen (secondary N) is 2. The topological polar surface area (TPSA) is 181 Å². The lowest BCUT2D eigenvalue weighted by atomic mass is 9.98. The van der Waals surface area contributed by atoms with Crippen molar-refractivity contribution in [3.05, 3.63) is 88.3 Å². The van der Waals surface area contributed by atoms with Crippen LogP contribution in [0.2, 0.25) is 0 Å². The molecule has 0 unspecified atom stereocenters. The number of fused-ring (bicyclic) bond motifs is 3. The van der Waals surface area contributed by atoms with E-state index in [1.54, 1.807) is 0 Å². The van der Waals surface area contributed by atoms with E-state index in [0.717, 1.165) is 28.3 Å². The Labute approximate surface area is 224 Å².